The molecule has 226 valence electrons. The van der Waals surface area contributed by atoms with Crippen molar-refractivity contribution >= 4 is 34.7 Å². The predicted molar refractivity (Wildman–Crippen MR) is 171 cm³/mol. The summed E-state index contributed by atoms with van der Waals surface area (Å²) in [5.74, 6) is -1.14. The summed E-state index contributed by atoms with van der Waals surface area (Å²) in [6, 6.07) is 29.6. The lowest BCUT2D eigenvalue weighted by Gasteiger charge is -2.23. The van der Waals surface area contributed by atoms with Crippen LogP contribution in [0.4, 0.5) is 0 Å². The second-order valence-electron chi connectivity index (χ2n) is 10.1. The molecule has 2 N–H and O–H groups in total. The number of hydrogen-bond acceptors (Lipinski definition) is 7. The monoisotopic (exact) mass is 609 g/mol. The minimum absolute atomic E-state index is 0.0392. The van der Waals surface area contributed by atoms with Crippen LogP contribution in [-0.4, -0.2) is 45.7 Å². The molecule has 0 aliphatic carbocycles. The molecule has 2 atom stereocenters. The van der Waals surface area contributed by atoms with E-state index in [1.807, 2.05) is 91.0 Å². The van der Waals surface area contributed by atoms with Crippen molar-refractivity contribution in [2.45, 2.75) is 44.4 Å². The Hall–Kier alpha value is -4.76. The maximum absolute atomic E-state index is 13.6. The normalized spacial score (nSPS) is 12.0. The van der Waals surface area contributed by atoms with Gasteiger partial charge in [0.15, 0.2) is 0 Å². The Kier molecular flexibility index (Phi) is 12.7. The van der Waals surface area contributed by atoms with Crippen LogP contribution in [0.25, 0.3) is 0 Å². The largest absolute Gasteiger partial charge is 0.459 e. The summed E-state index contributed by atoms with van der Waals surface area (Å²) in [4.78, 5) is 56.4. The first kappa shape index (κ1) is 32.2. The number of rotatable bonds is 15. The molecular weight excluding hydrogens is 574 g/mol. The highest BCUT2D eigenvalue weighted by Gasteiger charge is 2.28. The van der Waals surface area contributed by atoms with E-state index < -0.39 is 24.0 Å². The molecule has 1 heterocycles. The van der Waals surface area contributed by atoms with Gasteiger partial charge in [0.05, 0.1) is 0 Å². The van der Waals surface area contributed by atoms with Crippen molar-refractivity contribution in [3.63, 3.8) is 0 Å². The number of amides is 2. The van der Waals surface area contributed by atoms with Crippen LogP contribution in [0.15, 0.2) is 116 Å². The quantitative estimate of drug-likeness (QED) is 0.184. The van der Waals surface area contributed by atoms with Crippen LogP contribution >= 0.6 is 11.8 Å². The predicted octanol–water partition coefficient (Wildman–Crippen LogP) is 4.93. The lowest BCUT2D eigenvalue weighted by Crippen LogP contribution is -2.53. The molecule has 44 heavy (non-hydrogen) atoms. The summed E-state index contributed by atoms with van der Waals surface area (Å²) >= 11 is 1.04. The van der Waals surface area contributed by atoms with Gasteiger partial charge in [-0.3, -0.25) is 19.4 Å². The molecule has 2 amide bonds. The lowest BCUT2D eigenvalue weighted by molar-refractivity contribution is -0.149. The maximum Gasteiger partial charge on any atom is 0.329 e. The van der Waals surface area contributed by atoms with E-state index in [0.29, 0.717) is 12.0 Å². The fourth-order valence-corrected chi connectivity index (χ4v) is 5.24. The zero-order chi connectivity index (χ0) is 31.0. The van der Waals surface area contributed by atoms with Crippen LogP contribution < -0.4 is 10.6 Å². The van der Waals surface area contributed by atoms with Crippen LogP contribution in [0.3, 0.4) is 0 Å². The Bertz CT molecular complexity index is 1490. The lowest BCUT2D eigenvalue weighted by atomic mass is 10.0. The highest BCUT2D eigenvalue weighted by molar-refractivity contribution is 8.14. The van der Waals surface area contributed by atoms with E-state index in [1.54, 1.807) is 18.3 Å². The smallest absolute Gasteiger partial charge is 0.329 e. The number of benzene rings is 3. The third-order valence-corrected chi connectivity index (χ3v) is 7.72. The van der Waals surface area contributed by atoms with Crippen LogP contribution in [0.2, 0.25) is 0 Å². The van der Waals surface area contributed by atoms with Gasteiger partial charge in [0.25, 0.3) is 0 Å². The number of esters is 1. The van der Waals surface area contributed by atoms with Gasteiger partial charge in [0, 0.05) is 36.6 Å². The van der Waals surface area contributed by atoms with Gasteiger partial charge in [-0.15, -0.1) is 0 Å². The van der Waals surface area contributed by atoms with Gasteiger partial charge in [-0.05, 0) is 41.7 Å². The molecule has 1 aromatic heterocycles. The summed E-state index contributed by atoms with van der Waals surface area (Å²) in [5, 5.41) is 5.48. The second kappa shape index (κ2) is 17.4. The number of aryl methyl sites for hydroxylation is 1. The first-order valence-electron chi connectivity index (χ1n) is 14.4. The Morgan fingerprint density at radius 3 is 2.00 bits per heavy atom. The molecular formula is C35H35N3O5S. The number of aromatic nitrogens is 1. The fourth-order valence-electron chi connectivity index (χ4n) is 4.41. The SMILES string of the molecule is O=C(CCc1ccccc1)N[C@@H](Cc1ccccc1)C(=O)N[C@@H](CCSC(=O)c1cccnc1)C(=O)OCc1ccccc1. The van der Waals surface area contributed by atoms with Crippen LogP contribution in [-0.2, 0) is 38.6 Å². The van der Waals surface area contributed by atoms with E-state index in [9.17, 15) is 19.2 Å². The Morgan fingerprint density at radius 2 is 1.36 bits per heavy atom. The fraction of sp³-hybridized carbons (Fsp3) is 0.229. The van der Waals surface area contributed by atoms with Crippen LogP contribution in [0, 0.1) is 0 Å². The van der Waals surface area contributed by atoms with E-state index in [1.165, 1.54) is 6.20 Å². The summed E-state index contributed by atoms with van der Waals surface area (Å²) < 4.78 is 5.55. The minimum Gasteiger partial charge on any atom is -0.459 e. The van der Waals surface area contributed by atoms with Crippen LogP contribution in [0.5, 0.6) is 0 Å². The number of hydrogen-bond donors (Lipinski definition) is 2. The molecule has 9 heteroatoms. The molecule has 0 fully saturated rings. The van der Waals surface area contributed by atoms with E-state index in [4.69, 9.17) is 4.74 Å². The highest BCUT2D eigenvalue weighted by Crippen LogP contribution is 2.15. The van der Waals surface area contributed by atoms with Gasteiger partial charge < -0.3 is 15.4 Å². The standard InChI is InChI=1S/C35H35N3O5S/c39-32(19-18-26-11-4-1-5-12-26)37-31(23-27-13-6-2-7-14-27)33(40)38-30(34(41)43-25-28-15-8-3-9-16-28)20-22-44-35(42)29-17-10-21-36-24-29/h1-17,21,24,30-31H,18-20,22-23,25H2,(H,37,39)(H,38,40)/t30-,31-/m0/s1. The third kappa shape index (κ3) is 10.8. The van der Waals surface area contributed by atoms with Crippen molar-refractivity contribution in [2.24, 2.45) is 0 Å². The average molecular weight is 610 g/mol. The molecule has 0 radical (unpaired) electrons. The summed E-state index contributed by atoms with van der Waals surface area (Å²) in [5.41, 5.74) is 3.13. The zero-order valence-corrected chi connectivity index (χ0v) is 25.1. The maximum atomic E-state index is 13.6. The molecule has 0 aliphatic rings. The van der Waals surface area contributed by atoms with Crippen molar-refractivity contribution < 1.29 is 23.9 Å². The van der Waals surface area contributed by atoms with Crippen molar-refractivity contribution in [2.75, 3.05) is 5.75 Å². The molecule has 0 spiro atoms. The highest BCUT2D eigenvalue weighted by atomic mass is 32.2. The van der Waals surface area contributed by atoms with Gasteiger partial charge in [0.2, 0.25) is 16.9 Å². The molecule has 0 aliphatic heterocycles. The van der Waals surface area contributed by atoms with Gasteiger partial charge in [-0.1, -0.05) is 103 Å². The number of carbonyl (C=O) groups excluding carboxylic acids is 4. The van der Waals surface area contributed by atoms with E-state index in [2.05, 4.69) is 15.6 Å². The topological polar surface area (TPSA) is 114 Å². The molecule has 4 aromatic rings. The summed E-state index contributed by atoms with van der Waals surface area (Å²) in [7, 11) is 0. The molecule has 0 saturated heterocycles. The van der Waals surface area contributed by atoms with E-state index in [-0.39, 0.29) is 42.6 Å². The van der Waals surface area contributed by atoms with Crippen molar-refractivity contribution in [1.82, 2.24) is 15.6 Å². The molecule has 0 saturated carbocycles. The number of carbonyl (C=O) groups is 4. The Labute approximate surface area is 261 Å². The number of thioether (sulfide) groups is 1. The van der Waals surface area contributed by atoms with Crippen LogP contribution in [0.1, 0.15) is 39.9 Å². The number of pyridine rings is 1. The van der Waals surface area contributed by atoms with Gasteiger partial charge >= 0.3 is 5.97 Å². The van der Waals surface area contributed by atoms with Crippen molar-refractivity contribution in [3.05, 3.63) is 138 Å². The van der Waals surface area contributed by atoms with Gasteiger partial charge in [-0.2, -0.15) is 0 Å². The first-order valence-corrected chi connectivity index (χ1v) is 15.4. The summed E-state index contributed by atoms with van der Waals surface area (Å²) in [6.07, 6.45) is 4.19. The zero-order valence-electron chi connectivity index (χ0n) is 24.3. The summed E-state index contributed by atoms with van der Waals surface area (Å²) in [6.45, 7) is 0.0392. The van der Waals surface area contributed by atoms with E-state index >= 15 is 0 Å². The van der Waals surface area contributed by atoms with Crippen molar-refractivity contribution in [3.8, 4) is 0 Å². The number of ether oxygens (including phenoxy) is 1. The Balaban J connectivity index is 1.43. The second-order valence-corrected chi connectivity index (χ2v) is 11.2. The molecule has 4 rings (SSSR count). The average Bonchev–Trinajstić information content (AvgIpc) is 3.07. The number of nitrogens with one attached hydrogen (secondary N) is 2. The molecule has 8 nitrogen and oxygen atoms in total. The molecule has 0 unspecified atom stereocenters. The molecule has 0 bridgehead atoms. The van der Waals surface area contributed by atoms with Gasteiger partial charge in [-0.25, -0.2) is 4.79 Å². The number of nitrogens with zero attached hydrogens (tertiary/aromatic N) is 1. The Morgan fingerprint density at radius 1 is 0.727 bits per heavy atom. The van der Waals surface area contributed by atoms with E-state index in [0.717, 1.165) is 28.5 Å². The third-order valence-electron chi connectivity index (χ3n) is 6.78. The van der Waals surface area contributed by atoms with Crippen molar-refractivity contribution in [1.29, 1.82) is 0 Å². The minimum atomic E-state index is -1.03. The molecule has 3 aromatic carbocycles. The van der Waals surface area contributed by atoms with Gasteiger partial charge in [0.1, 0.15) is 18.7 Å². The first-order chi connectivity index (χ1) is 21.5.